The maximum absolute atomic E-state index is 5.89. The molecule has 0 aliphatic rings. The van der Waals surface area contributed by atoms with E-state index in [2.05, 4.69) is 13.8 Å². The normalized spacial score (nSPS) is 10.9. The number of hydrogen-bond acceptors (Lipinski definition) is 2. The molecule has 0 N–H and O–H groups in total. The molecule has 0 amide bonds. The van der Waals surface area contributed by atoms with Gasteiger partial charge < -0.3 is 9.47 Å². The van der Waals surface area contributed by atoms with E-state index >= 15 is 0 Å². The molecule has 0 aliphatic heterocycles. The van der Waals surface area contributed by atoms with E-state index in [-0.39, 0.29) is 0 Å². The van der Waals surface area contributed by atoms with Crippen molar-refractivity contribution in [3.8, 4) is 5.75 Å². The minimum atomic E-state index is 0.393. The monoisotopic (exact) mass is 290 g/mol. The Kier molecular flexibility index (Phi) is 7.48. The molecule has 1 aromatic carbocycles. The summed E-state index contributed by atoms with van der Waals surface area (Å²) in [5.41, 5.74) is 0.909. The van der Waals surface area contributed by atoms with Crippen molar-refractivity contribution in [1.82, 2.24) is 0 Å². The second kappa shape index (κ2) is 8.63. The zero-order chi connectivity index (χ0) is 13.4. The SMILES string of the molecule is CC(C)CCOCCOc1ccc(Cl)cc1CCl. The molecule has 4 heteroatoms. The lowest BCUT2D eigenvalue weighted by Gasteiger charge is -2.11. The number of ether oxygens (including phenoxy) is 2. The molecule has 0 aliphatic carbocycles. The molecule has 2 nitrogen and oxygen atoms in total. The molecule has 0 fully saturated rings. The summed E-state index contributed by atoms with van der Waals surface area (Å²) in [6.45, 7) is 6.27. The van der Waals surface area contributed by atoms with Crippen LogP contribution in [0.2, 0.25) is 5.02 Å². The third kappa shape index (κ3) is 5.94. The van der Waals surface area contributed by atoms with Gasteiger partial charge in [-0.05, 0) is 30.5 Å². The summed E-state index contributed by atoms with van der Waals surface area (Å²) in [5, 5.41) is 0.672. The predicted octanol–water partition coefficient (Wildman–Crippen LogP) is 4.52. The van der Waals surface area contributed by atoms with Crippen molar-refractivity contribution in [2.45, 2.75) is 26.1 Å². The molecule has 1 aromatic rings. The summed E-state index contributed by atoms with van der Waals surface area (Å²) >= 11 is 11.7. The van der Waals surface area contributed by atoms with E-state index in [1.165, 1.54) is 0 Å². The molecule has 0 heterocycles. The van der Waals surface area contributed by atoms with Gasteiger partial charge in [-0.3, -0.25) is 0 Å². The van der Waals surface area contributed by atoms with Crippen molar-refractivity contribution < 1.29 is 9.47 Å². The minimum Gasteiger partial charge on any atom is -0.491 e. The molecular weight excluding hydrogens is 271 g/mol. The maximum atomic E-state index is 5.89. The van der Waals surface area contributed by atoms with Gasteiger partial charge in [0.05, 0.1) is 12.5 Å². The minimum absolute atomic E-state index is 0.393. The van der Waals surface area contributed by atoms with E-state index in [0.717, 1.165) is 24.3 Å². The second-order valence-corrected chi connectivity index (χ2v) is 5.23. The van der Waals surface area contributed by atoms with E-state index < -0.39 is 0 Å². The predicted molar refractivity (Wildman–Crippen MR) is 76.8 cm³/mol. The lowest BCUT2D eigenvalue weighted by atomic mass is 10.1. The first-order valence-electron chi connectivity index (χ1n) is 6.18. The van der Waals surface area contributed by atoms with Gasteiger partial charge in [-0.25, -0.2) is 0 Å². The zero-order valence-corrected chi connectivity index (χ0v) is 12.4. The van der Waals surface area contributed by atoms with E-state index in [1.807, 2.05) is 12.1 Å². The molecule has 0 spiro atoms. The van der Waals surface area contributed by atoms with Gasteiger partial charge in [0, 0.05) is 17.2 Å². The van der Waals surface area contributed by atoms with E-state index in [0.29, 0.717) is 30.0 Å². The molecular formula is C14H20Cl2O2. The number of rotatable bonds is 8. The van der Waals surface area contributed by atoms with Crippen LogP contribution in [0.15, 0.2) is 18.2 Å². The molecule has 0 saturated heterocycles. The topological polar surface area (TPSA) is 18.5 Å². The van der Waals surface area contributed by atoms with Crippen molar-refractivity contribution in [3.05, 3.63) is 28.8 Å². The molecule has 0 unspecified atom stereocenters. The first-order valence-corrected chi connectivity index (χ1v) is 7.09. The van der Waals surface area contributed by atoms with E-state index in [4.69, 9.17) is 32.7 Å². The standard InChI is InChI=1S/C14H20Cl2O2/c1-11(2)5-6-17-7-8-18-14-4-3-13(16)9-12(14)10-15/h3-4,9,11H,5-8,10H2,1-2H3. The summed E-state index contributed by atoms with van der Waals surface area (Å²) in [4.78, 5) is 0. The average molecular weight is 291 g/mol. The molecule has 102 valence electrons. The first-order chi connectivity index (χ1) is 8.63. The molecule has 1 rings (SSSR count). The lowest BCUT2D eigenvalue weighted by molar-refractivity contribution is 0.0923. The van der Waals surface area contributed by atoms with Gasteiger partial charge >= 0.3 is 0 Å². The van der Waals surface area contributed by atoms with Crippen LogP contribution in [0.4, 0.5) is 0 Å². The Balaban J connectivity index is 2.27. The van der Waals surface area contributed by atoms with Crippen molar-refractivity contribution in [1.29, 1.82) is 0 Å². The van der Waals surface area contributed by atoms with Crippen LogP contribution in [-0.4, -0.2) is 19.8 Å². The molecule has 0 bridgehead atoms. The highest BCUT2D eigenvalue weighted by Gasteiger charge is 2.03. The number of halogens is 2. The Morgan fingerprint density at radius 2 is 1.94 bits per heavy atom. The van der Waals surface area contributed by atoms with Crippen molar-refractivity contribution in [2.24, 2.45) is 5.92 Å². The number of alkyl halides is 1. The van der Waals surface area contributed by atoms with Gasteiger partial charge in [0.15, 0.2) is 0 Å². The van der Waals surface area contributed by atoms with Crippen LogP contribution in [0.25, 0.3) is 0 Å². The van der Waals surface area contributed by atoms with Crippen LogP contribution in [0.3, 0.4) is 0 Å². The Morgan fingerprint density at radius 3 is 2.61 bits per heavy atom. The molecule has 0 atom stereocenters. The third-order valence-corrected chi connectivity index (χ3v) is 3.01. The number of hydrogen-bond donors (Lipinski definition) is 0. The Morgan fingerprint density at radius 1 is 1.17 bits per heavy atom. The second-order valence-electron chi connectivity index (χ2n) is 4.53. The summed E-state index contributed by atoms with van der Waals surface area (Å²) in [5.74, 6) is 1.84. The van der Waals surface area contributed by atoms with Crippen LogP contribution in [0.1, 0.15) is 25.8 Å². The average Bonchev–Trinajstić information content (AvgIpc) is 2.34. The van der Waals surface area contributed by atoms with Crippen LogP contribution in [0.5, 0.6) is 5.75 Å². The fourth-order valence-electron chi connectivity index (χ4n) is 1.42. The molecule has 18 heavy (non-hydrogen) atoms. The summed E-state index contributed by atoms with van der Waals surface area (Å²) in [6.07, 6.45) is 1.08. The van der Waals surface area contributed by atoms with Gasteiger partial charge in [0.25, 0.3) is 0 Å². The summed E-state index contributed by atoms with van der Waals surface area (Å²) < 4.78 is 11.1. The van der Waals surface area contributed by atoms with Crippen LogP contribution in [-0.2, 0) is 10.6 Å². The molecule has 0 radical (unpaired) electrons. The van der Waals surface area contributed by atoms with Crippen LogP contribution >= 0.6 is 23.2 Å². The van der Waals surface area contributed by atoms with Gasteiger partial charge in [-0.2, -0.15) is 0 Å². The van der Waals surface area contributed by atoms with Crippen molar-refractivity contribution >= 4 is 23.2 Å². The summed E-state index contributed by atoms with van der Waals surface area (Å²) in [6, 6.07) is 5.46. The Labute approximate surface area is 119 Å². The highest BCUT2D eigenvalue weighted by atomic mass is 35.5. The smallest absolute Gasteiger partial charge is 0.123 e. The van der Waals surface area contributed by atoms with Gasteiger partial charge in [0.1, 0.15) is 12.4 Å². The molecule has 0 saturated carbocycles. The largest absolute Gasteiger partial charge is 0.491 e. The van der Waals surface area contributed by atoms with Gasteiger partial charge in [-0.1, -0.05) is 25.4 Å². The van der Waals surface area contributed by atoms with Gasteiger partial charge in [-0.15, -0.1) is 11.6 Å². The van der Waals surface area contributed by atoms with Gasteiger partial charge in [0.2, 0.25) is 0 Å². The van der Waals surface area contributed by atoms with Crippen LogP contribution in [0, 0.1) is 5.92 Å². The number of benzene rings is 1. The fourth-order valence-corrected chi connectivity index (χ4v) is 1.83. The van der Waals surface area contributed by atoms with E-state index in [9.17, 15) is 0 Å². The van der Waals surface area contributed by atoms with E-state index in [1.54, 1.807) is 6.07 Å². The highest BCUT2D eigenvalue weighted by molar-refractivity contribution is 6.30. The zero-order valence-electron chi connectivity index (χ0n) is 10.9. The van der Waals surface area contributed by atoms with Crippen LogP contribution < -0.4 is 4.74 Å². The Bertz CT molecular complexity index is 354. The molecule has 0 aromatic heterocycles. The Hall–Kier alpha value is -0.440. The fraction of sp³-hybridized carbons (Fsp3) is 0.571. The lowest BCUT2D eigenvalue weighted by Crippen LogP contribution is -2.09. The summed E-state index contributed by atoms with van der Waals surface area (Å²) in [7, 11) is 0. The van der Waals surface area contributed by atoms with Crippen molar-refractivity contribution in [2.75, 3.05) is 19.8 Å². The van der Waals surface area contributed by atoms with Crippen molar-refractivity contribution in [3.63, 3.8) is 0 Å². The third-order valence-electron chi connectivity index (χ3n) is 2.49. The maximum Gasteiger partial charge on any atom is 0.123 e. The quantitative estimate of drug-likeness (QED) is 0.518. The highest BCUT2D eigenvalue weighted by Crippen LogP contribution is 2.24. The first kappa shape index (κ1) is 15.6.